The van der Waals surface area contributed by atoms with Crippen molar-refractivity contribution in [2.75, 3.05) is 5.32 Å². The second-order valence-electron chi connectivity index (χ2n) is 3.27. The van der Waals surface area contributed by atoms with Crippen LogP contribution >= 0.6 is 15.9 Å². The Morgan fingerprint density at radius 1 is 1.44 bits per heavy atom. The van der Waals surface area contributed by atoms with E-state index in [0.717, 1.165) is 4.47 Å². The lowest BCUT2D eigenvalue weighted by Gasteiger charge is -2.04. The van der Waals surface area contributed by atoms with Gasteiger partial charge in [-0.1, -0.05) is 17.3 Å². The van der Waals surface area contributed by atoms with E-state index in [1.165, 1.54) is 0 Å². The first-order valence-electron chi connectivity index (χ1n) is 4.66. The maximum atomic E-state index is 11.7. The van der Waals surface area contributed by atoms with Gasteiger partial charge in [-0.15, -0.1) is 0 Å². The summed E-state index contributed by atoms with van der Waals surface area (Å²) in [5, 5.41) is 6.37. The molecule has 4 nitrogen and oxygen atoms in total. The Morgan fingerprint density at radius 3 is 2.81 bits per heavy atom. The summed E-state index contributed by atoms with van der Waals surface area (Å²) in [6, 6.07) is 8.95. The van der Waals surface area contributed by atoms with Crippen molar-refractivity contribution in [2.45, 2.75) is 6.92 Å². The lowest BCUT2D eigenvalue weighted by Crippen LogP contribution is -2.11. The molecule has 0 aliphatic carbocycles. The number of rotatable bonds is 2. The molecule has 0 bridgehead atoms. The number of amides is 1. The lowest BCUT2D eigenvalue weighted by molar-refractivity contribution is 0.0988. The van der Waals surface area contributed by atoms with Gasteiger partial charge in [-0.3, -0.25) is 4.79 Å². The fourth-order valence-electron chi connectivity index (χ4n) is 1.22. The molecule has 0 atom stereocenters. The SMILES string of the molecule is Cc1cc(C(=O)Nc2ccccc2Br)on1. The van der Waals surface area contributed by atoms with Crippen molar-refractivity contribution in [3.05, 3.63) is 46.3 Å². The molecule has 82 valence electrons. The highest BCUT2D eigenvalue weighted by molar-refractivity contribution is 9.10. The molecule has 1 N–H and O–H groups in total. The van der Waals surface area contributed by atoms with E-state index in [9.17, 15) is 4.79 Å². The van der Waals surface area contributed by atoms with E-state index in [2.05, 4.69) is 26.4 Å². The van der Waals surface area contributed by atoms with Crippen molar-refractivity contribution in [3.8, 4) is 0 Å². The van der Waals surface area contributed by atoms with Gasteiger partial charge in [0.25, 0.3) is 5.91 Å². The van der Waals surface area contributed by atoms with Crippen LogP contribution in [0.4, 0.5) is 5.69 Å². The largest absolute Gasteiger partial charge is 0.351 e. The minimum absolute atomic E-state index is 0.202. The number of para-hydroxylation sites is 1. The highest BCUT2D eigenvalue weighted by Crippen LogP contribution is 2.21. The predicted octanol–water partition coefficient (Wildman–Crippen LogP) is 3.00. The zero-order valence-electron chi connectivity index (χ0n) is 8.53. The normalized spacial score (nSPS) is 10.1. The first kappa shape index (κ1) is 10.9. The summed E-state index contributed by atoms with van der Waals surface area (Å²) in [4.78, 5) is 11.7. The summed E-state index contributed by atoms with van der Waals surface area (Å²) in [5.74, 6) is -0.110. The Hall–Kier alpha value is -1.62. The molecule has 1 heterocycles. The van der Waals surface area contributed by atoms with E-state index >= 15 is 0 Å². The number of hydrogen-bond acceptors (Lipinski definition) is 3. The molecule has 0 unspecified atom stereocenters. The van der Waals surface area contributed by atoms with E-state index in [1.54, 1.807) is 19.1 Å². The van der Waals surface area contributed by atoms with Crippen molar-refractivity contribution in [1.29, 1.82) is 0 Å². The third-order valence-corrected chi connectivity index (χ3v) is 2.67. The van der Waals surface area contributed by atoms with Crippen LogP contribution in [-0.4, -0.2) is 11.1 Å². The number of halogens is 1. The van der Waals surface area contributed by atoms with Gasteiger partial charge in [0.05, 0.1) is 11.4 Å². The molecule has 0 radical (unpaired) electrons. The number of carbonyl (C=O) groups excluding carboxylic acids is 1. The topological polar surface area (TPSA) is 55.1 Å². The molecule has 0 aliphatic heterocycles. The second kappa shape index (κ2) is 4.49. The van der Waals surface area contributed by atoms with Crippen molar-refractivity contribution < 1.29 is 9.32 Å². The molecule has 1 aromatic carbocycles. The number of nitrogens with one attached hydrogen (secondary N) is 1. The molecule has 1 aromatic heterocycles. The third-order valence-electron chi connectivity index (χ3n) is 1.97. The van der Waals surface area contributed by atoms with Crippen LogP contribution in [-0.2, 0) is 0 Å². The van der Waals surface area contributed by atoms with Gasteiger partial charge >= 0.3 is 0 Å². The Kier molecular flexibility index (Phi) is 3.05. The van der Waals surface area contributed by atoms with Crippen LogP contribution in [0.3, 0.4) is 0 Å². The summed E-state index contributed by atoms with van der Waals surface area (Å²) in [7, 11) is 0. The Balaban J connectivity index is 2.17. The number of nitrogens with zero attached hydrogens (tertiary/aromatic N) is 1. The number of aryl methyl sites for hydroxylation is 1. The molecule has 0 saturated carbocycles. The fourth-order valence-corrected chi connectivity index (χ4v) is 1.60. The van der Waals surface area contributed by atoms with Crippen LogP contribution in [0, 0.1) is 6.92 Å². The van der Waals surface area contributed by atoms with E-state index < -0.39 is 0 Å². The minimum Gasteiger partial charge on any atom is -0.351 e. The van der Waals surface area contributed by atoms with Gasteiger partial charge in [0.2, 0.25) is 5.76 Å². The number of anilines is 1. The number of aromatic nitrogens is 1. The molecule has 16 heavy (non-hydrogen) atoms. The van der Waals surface area contributed by atoms with E-state index in [-0.39, 0.29) is 11.7 Å². The summed E-state index contributed by atoms with van der Waals surface area (Å²) in [6.45, 7) is 1.76. The standard InChI is InChI=1S/C11H9BrN2O2/c1-7-6-10(16-14-7)11(15)13-9-5-3-2-4-8(9)12/h2-6H,1H3,(H,13,15). The maximum Gasteiger partial charge on any atom is 0.294 e. The molecule has 5 heteroatoms. The van der Waals surface area contributed by atoms with Crippen LogP contribution in [0.2, 0.25) is 0 Å². The molecular formula is C11H9BrN2O2. The van der Waals surface area contributed by atoms with Crippen molar-refractivity contribution in [2.24, 2.45) is 0 Å². The Morgan fingerprint density at radius 2 is 2.19 bits per heavy atom. The Labute approximate surface area is 101 Å². The highest BCUT2D eigenvalue weighted by Gasteiger charge is 2.12. The van der Waals surface area contributed by atoms with Gasteiger partial charge in [-0.2, -0.15) is 0 Å². The van der Waals surface area contributed by atoms with Crippen molar-refractivity contribution in [3.63, 3.8) is 0 Å². The second-order valence-corrected chi connectivity index (χ2v) is 4.12. The van der Waals surface area contributed by atoms with Crippen molar-refractivity contribution in [1.82, 2.24) is 5.16 Å². The molecule has 1 amide bonds. The summed E-state index contributed by atoms with van der Waals surface area (Å²) >= 11 is 3.34. The molecule has 0 aliphatic rings. The first-order valence-corrected chi connectivity index (χ1v) is 5.45. The number of carbonyl (C=O) groups is 1. The average molecular weight is 281 g/mol. The molecule has 2 aromatic rings. The summed E-state index contributed by atoms with van der Waals surface area (Å²) in [6.07, 6.45) is 0. The molecular weight excluding hydrogens is 272 g/mol. The van der Waals surface area contributed by atoms with Gasteiger partial charge in [-0.05, 0) is 35.0 Å². The highest BCUT2D eigenvalue weighted by atomic mass is 79.9. The van der Waals surface area contributed by atoms with Crippen molar-refractivity contribution >= 4 is 27.5 Å². The smallest absolute Gasteiger partial charge is 0.294 e. The van der Waals surface area contributed by atoms with Gasteiger partial charge in [0.15, 0.2) is 0 Å². The Bertz CT molecular complexity index is 522. The van der Waals surface area contributed by atoms with E-state index in [0.29, 0.717) is 11.4 Å². The zero-order chi connectivity index (χ0) is 11.5. The summed E-state index contributed by atoms with van der Waals surface area (Å²) < 4.78 is 5.68. The quantitative estimate of drug-likeness (QED) is 0.920. The lowest BCUT2D eigenvalue weighted by atomic mass is 10.3. The molecule has 0 fully saturated rings. The monoisotopic (exact) mass is 280 g/mol. The number of benzene rings is 1. The molecule has 2 rings (SSSR count). The van der Waals surface area contributed by atoms with E-state index in [4.69, 9.17) is 4.52 Å². The van der Waals surface area contributed by atoms with Crippen LogP contribution in [0.15, 0.2) is 39.3 Å². The van der Waals surface area contributed by atoms with Crippen LogP contribution in [0.1, 0.15) is 16.2 Å². The summed E-state index contributed by atoms with van der Waals surface area (Å²) in [5.41, 5.74) is 1.37. The van der Waals surface area contributed by atoms with Gasteiger partial charge in [0, 0.05) is 10.5 Å². The van der Waals surface area contributed by atoms with Crippen LogP contribution in [0.25, 0.3) is 0 Å². The third kappa shape index (κ3) is 2.30. The molecule has 0 saturated heterocycles. The van der Waals surface area contributed by atoms with Gasteiger partial charge in [-0.25, -0.2) is 0 Å². The maximum absolute atomic E-state index is 11.7. The van der Waals surface area contributed by atoms with Gasteiger partial charge < -0.3 is 9.84 Å². The van der Waals surface area contributed by atoms with Gasteiger partial charge in [0.1, 0.15) is 0 Å². The fraction of sp³-hybridized carbons (Fsp3) is 0.0909. The van der Waals surface area contributed by atoms with Crippen LogP contribution < -0.4 is 5.32 Å². The van der Waals surface area contributed by atoms with Crippen LogP contribution in [0.5, 0.6) is 0 Å². The predicted molar refractivity (Wildman–Crippen MR) is 63.3 cm³/mol. The van der Waals surface area contributed by atoms with E-state index in [1.807, 2.05) is 18.2 Å². The first-order chi connectivity index (χ1) is 7.66. The molecule has 0 spiro atoms. The number of hydrogen-bond donors (Lipinski definition) is 1. The zero-order valence-corrected chi connectivity index (χ0v) is 10.1. The average Bonchev–Trinajstić information content (AvgIpc) is 2.68. The minimum atomic E-state index is -0.312.